The lowest BCUT2D eigenvalue weighted by Crippen LogP contribution is -2.62. The Bertz CT molecular complexity index is 1670. The smallest absolute Gasteiger partial charge is 0.246 e. The van der Waals surface area contributed by atoms with E-state index in [0.29, 0.717) is 24.3 Å². The van der Waals surface area contributed by atoms with Gasteiger partial charge in [0.2, 0.25) is 17.6 Å². The SMILES string of the molecule is CCCC1O[C@@H]2C[C@H]3[C@@H]4C[C@H](F)C=CC(=O)C=C[C@@]5(C)[C@@](O)(C[C@]3(C)[C@]2(C(=O)COc2ccc(NC(=O)[C@H](C)NC(=O)[C@@H](N)C(C)C)cc2)O1)[C@@]45F. The second-order valence-corrected chi connectivity index (χ2v) is 16.1. The number of ether oxygens (including phenoxy) is 3. The van der Waals surface area contributed by atoms with Crippen LogP contribution in [0.5, 0.6) is 5.75 Å². The van der Waals surface area contributed by atoms with Crippen molar-refractivity contribution in [3.05, 3.63) is 48.6 Å². The van der Waals surface area contributed by atoms with Crippen LogP contribution in [-0.4, -0.2) is 82.6 Å². The molecule has 0 spiro atoms. The number of benzene rings is 1. The number of alkyl halides is 2. The number of aliphatic hydroxyl groups is 1. The molecule has 1 heterocycles. The highest BCUT2D eigenvalue weighted by atomic mass is 19.1. The third kappa shape index (κ3) is 5.65. The second-order valence-electron chi connectivity index (χ2n) is 16.1. The van der Waals surface area contributed by atoms with Crippen molar-refractivity contribution in [2.45, 2.75) is 121 Å². The van der Waals surface area contributed by atoms with Gasteiger partial charge in [0.25, 0.3) is 0 Å². The third-order valence-corrected chi connectivity index (χ3v) is 12.7. The number of hydrogen-bond donors (Lipinski definition) is 4. The van der Waals surface area contributed by atoms with Crippen LogP contribution in [0.15, 0.2) is 48.6 Å². The molecule has 3 saturated carbocycles. The van der Waals surface area contributed by atoms with Crippen molar-refractivity contribution in [3.8, 4) is 5.75 Å². The first-order valence-corrected chi connectivity index (χ1v) is 18.3. The number of ketones is 2. The molecule has 0 radical (unpaired) electrons. The molecule has 12 atom stereocenters. The molecule has 0 bridgehead atoms. The van der Waals surface area contributed by atoms with E-state index in [1.165, 1.54) is 12.2 Å². The Balaban J connectivity index is 1.22. The molecule has 1 unspecified atom stereocenters. The Hall–Kier alpha value is -3.52. The Morgan fingerprint density at radius 2 is 1.77 bits per heavy atom. The van der Waals surface area contributed by atoms with Gasteiger partial charge >= 0.3 is 0 Å². The number of fused-ring (bicyclic) bond motifs is 5. The number of anilines is 1. The van der Waals surface area contributed by atoms with E-state index < -0.39 is 100 Å². The van der Waals surface area contributed by atoms with E-state index in [0.717, 1.165) is 12.2 Å². The topological polar surface area (TPSA) is 166 Å². The van der Waals surface area contributed by atoms with E-state index in [1.807, 2.05) is 27.7 Å². The first-order valence-electron chi connectivity index (χ1n) is 18.3. The minimum Gasteiger partial charge on any atom is -0.486 e. The fraction of sp³-hybridized carbons (Fsp3) is 0.641. The summed E-state index contributed by atoms with van der Waals surface area (Å²) in [6.45, 7) is 10.1. The zero-order valence-corrected chi connectivity index (χ0v) is 30.6. The Morgan fingerprint density at radius 1 is 1.08 bits per heavy atom. The van der Waals surface area contributed by atoms with Crippen LogP contribution >= 0.6 is 0 Å². The highest BCUT2D eigenvalue weighted by molar-refractivity contribution is 5.99. The maximum Gasteiger partial charge on any atom is 0.246 e. The lowest BCUT2D eigenvalue weighted by molar-refractivity contribution is -0.195. The van der Waals surface area contributed by atoms with Gasteiger partial charge < -0.3 is 35.7 Å². The molecule has 13 heteroatoms. The van der Waals surface area contributed by atoms with Crippen molar-refractivity contribution in [2.24, 2.45) is 34.3 Å². The molecule has 4 aliphatic carbocycles. The molecule has 5 N–H and O–H groups in total. The van der Waals surface area contributed by atoms with E-state index >= 15 is 8.78 Å². The van der Waals surface area contributed by atoms with Crippen molar-refractivity contribution < 1.29 is 47.3 Å². The number of Topliss-reactive ketones (excluding diaryl/α,β-unsaturated/α-hetero) is 1. The summed E-state index contributed by atoms with van der Waals surface area (Å²) in [7, 11) is 0. The molecule has 1 aromatic carbocycles. The van der Waals surface area contributed by atoms with Crippen molar-refractivity contribution in [1.82, 2.24) is 5.32 Å². The van der Waals surface area contributed by atoms with Gasteiger partial charge in [-0.25, -0.2) is 8.78 Å². The molecular weight excluding hydrogens is 676 g/mol. The Morgan fingerprint density at radius 3 is 2.42 bits per heavy atom. The molecule has 5 aliphatic rings. The van der Waals surface area contributed by atoms with Gasteiger partial charge in [-0.3, -0.25) is 19.2 Å². The number of rotatable bonds is 11. The molecule has 6 rings (SSSR count). The van der Waals surface area contributed by atoms with E-state index in [9.17, 15) is 24.3 Å². The number of allylic oxidation sites excluding steroid dienone is 3. The fourth-order valence-corrected chi connectivity index (χ4v) is 9.70. The second kappa shape index (κ2) is 13.4. The number of hydrogen-bond acceptors (Lipinski definition) is 9. The lowest BCUT2D eigenvalue weighted by Gasteiger charge is -2.51. The molecule has 1 aromatic rings. The maximum atomic E-state index is 17.4. The van der Waals surface area contributed by atoms with Gasteiger partial charge in [0.05, 0.1) is 17.6 Å². The van der Waals surface area contributed by atoms with Crippen LogP contribution < -0.4 is 21.1 Å². The van der Waals surface area contributed by atoms with Gasteiger partial charge in [-0.1, -0.05) is 40.2 Å². The number of nitrogens with one attached hydrogen (secondary N) is 2. The summed E-state index contributed by atoms with van der Waals surface area (Å²) >= 11 is 0. The summed E-state index contributed by atoms with van der Waals surface area (Å²) in [4.78, 5) is 52.0. The van der Waals surface area contributed by atoms with Crippen LogP contribution in [0.2, 0.25) is 0 Å². The van der Waals surface area contributed by atoms with Crippen LogP contribution in [0.1, 0.15) is 73.6 Å². The zero-order valence-electron chi connectivity index (χ0n) is 30.6. The molecule has 2 amide bonds. The van der Waals surface area contributed by atoms with Crippen molar-refractivity contribution in [1.29, 1.82) is 0 Å². The third-order valence-electron chi connectivity index (χ3n) is 12.7. The summed E-state index contributed by atoms with van der Waals surface area (Å²) in [5, 5.41) is 17.5. The van der Waals surface area contributed by atoms with Crippen LogP contribution in [-0.2, 0) is 28.7 Å². The normalized spacial score (nSPS) is 39.9. The molecule has 1 saturated heterocycles. The van der Waals surface area contributed by atoms with E-state index in [-0.39, 0.29) is 25.2 Å². The van der Waals surface area contributed by atoms with E-state index in [2.05, 4.69) is 10.6 Å². The molecule has 11 nitrogen and oxygen atoms in total. The number of nitrogens with two attached hydrogens (primary N) is 1. The molecule has 4 fully saturated rings. The minimum absolute atomic E-state index is 0.0933. The number of carbonyl (C=O) groups is 4. The van der Waals surface area contributed by atoms with Crippen LogP contribution in [0.4, 0.5) is 14.5 Å². The zero-order chi connectivity index (χ0) is 38.0. The van der Waals surface area contributed by atoms with E-state index in [1.54, 1.807) is 38.1 Å². The largest absolute Gasteiger partial charge is 0.486 e. The summed E-state index contributed by atoms with van der Waals surface area (Å²) in [6.07, 6.45) is 2.71. The Kier molecular flexibility index (Phi) is 9.85. The predicted octanol–water partition coefficient (Wildman–Crippen LogP) is 4.27. The van der Waals surface area contributed by atoms with Crippen LogP contribution in [0.3, 0.4) is 0 Å². The maximum absolute atomic E-state index is 17.4. The van der Waals surface area contributed by atoms with Crippen molar-refractivity contribution in [3.63, 3.8) is 0 Å². The molecule has 1 aliphatic heterocycles. The van der Waals surface area contributed by atoms with Crippen molar-refractivity contribution in [2.75, 3.05) is 11.9 Å². The summed E-state index contributed by atoms with van der Waals surface area (Å²) in [6, 6.07) is 4.76. The van der Waals surface area contributed by atoms with Crippen LogP contribution in [0.25, 0.3) is 0 Å². The predicted molar refractivity (Wildman–Crippen MR) is 187 cm³/mol. The Labute approximate surface area is 303 Å². The van der Waals surface area contributed by atoms with Crippen LogP contribution in [0, 0.1) is 28.6 Å². The lowest BCUT2D eigenvalue weighted by atomic mass is 9.56. The number of amides is 2. The van der Waals surface area contributed by atoms with Gasteiger partial charge in [-0.2, -0.15) is 0 Å². The summed E-state index contributed by atoms with van der Waals surface area (Å²) < 4.78 is 51.8. The van der Waals surface area contributed by atoms with Gasteiger partial charge in [0, 0.05) is 17.0 Å². The number of halogens is 2. The van der Waals surface area contributed by atoms with Gasteiger partial charge in [0.15, 0.2) is 23.3 Å². The fourth-order valence-electron chi connectivity index (χ4n) is 9.70. The average Bonchev–Trinajstić information content (AvgIpc) is 3.35. The number of carbonyl (C=O) groups excluding carboxylic acids is 4. The average molecular weight is 728 g/mol. The molecule has 284 valence electrons. The van der Waals surface area contributed by atoms with Gasteiger partial charge in [-0.05, 0) is 93.9 Å². The summed E-state index contributed by atoms with van der Waals surface area (Å²) in [5.74, 6) is -3.18. The minimum atomic E-state index is -2.24. The monoisotopic (exact) mass is 727 g/mol. The van der Waals surface area contributed by atoms with Gasteiger partial charge in [-0.15, -0.1) is 0 Å². The van der Waals surface area contributed by atoms with E-state index in [4.69, 9.17) is 19.9 Å². The first kappa shape index (κ1) is 38.2. The molecular formula is C39H51F2N3O8. The van der Waals surface area contributed by atoms with Gasteiger partial charge in [0.1, 0.15) is 30.2 Å². The highest BCUT2D eigenvalue weighted by Crippen LogP contribution is 2.83. The highest BCUT2D eigenvalue weighted by Gasteiger charge is 2.94. The standard InChI is InChI=1S/C39H51F2N3O8/c1-7-8-31-51-30-18-27-28-17-23(40)9-12-25(45)15-16-36(6)37(49,39(28,36)41)20-35(27,5)38(30,52-31)29(46)19-50-26-13-10-24(11-14-26)44-33(47)22(4)43-34(48)32(42)21(2)3/h9-16,21-23,27-28,30-32,49H,7-8,17-20,42H2,1-6H3,(H,43,48)(H,44,47)/t22-,23+,27-,28-,30+,31?,32-,35-,36-,37-,38+,39+/m0/s1. The first-order chi connectivity index (χ1) is 24.4. The van der Waals surface area contributed by atoms with Crippen molar-refractivity contribution >= 4 is 29.1 Å². The summed E-state index contributed by atoms with van der Waals surface area (Å²) in [5.41, 5.74) is -2.20. The molecule has 52 heavy (non-hydrogen) atoms. The quantitative estimate of drug-likeness (QED) is 0.261. The molecule has 0 aromatic heterocycles.